The van der Waals surface area contributed by atoms with Gasteiger partial charge in [0.2, 0.25) is 0 Å². The second-order valence-corrected chi connectivity index (χ2v) is 7.45. The standard InChI is InChI=1S/C20H38O11/c1-23-13-11(7-9-21)30-20(18(27-5)15(13)24-2)31-14-12(8-10-22)29-19(28-6)17(26-4)16(14)25-3/h11-22H,7-10H2,1-6H3/t11?,12?,13-,14-,15-,16-,17?,18?,19-,20-/m1/s1. The lowest BCUT2D eigenvalue weighted by Gasteiger charge is -2.49. The van der Waals surface area contributed by atoms with E-state index in [0.717, 1.165) is 0 Å². The van der Waals surface area contributed by atoms with E-state index in [9.17, 15) is 10.2 Å². The average molecular weight is 455 g/mol. The lowest BCUT2D eigenvalue weighted by Crippen LogP contribution is -2.65. The van der Waals surface area contributed by atoms with Gasteiger partial charge in [-0.05, 0) is 12.8 Å². The Morgan fingerprint density at radius 3 is 1.39 bits per heavy atom. The molecule has 10 atom stereocenters. The fourth-order valence-corrected chi connectivity index (χ4v) is 4.41. The molecule has 184 valence electrons. The van der Waals surface area contributed by atoms with Crippen molar-refractivity contribution < 1.29 is 52.8 Å². The summed E-state index contributed by atoms with van der Waals surface area (Å²) in [5.41, 5.74) is 0. The van der Waals surface area contributed by atoms with E-state index in [2.05, 4.69) is 0 Å². The molecule has 2 N–H and O–H groups in total. The lowest BCUT2D eigenvalue weighted by molar-refractivity contribution is -0.362. The van der Waals surface area contributed by atoms with Crippen LogP contribution in [-0.2, 0) is 42.6 Å². The van der Waals surface area contributed by atoms with Crippen LogP contribution in [0.1, 0.15) is 12.8 Å². The van der Waals surface area contributed by atoms with E-state index < -0.39 is 61.4 Å². The van der Waals surface area contributed by atoms with Crippen LogP contribution in [0.4, 0.5) is 0 Å². The molecular formula is C20H38O11. The molecule has 0 bridgehead atoms. The van der Waals surface area contributed by atoms with Gasteiger partial charge in [-0.3, -0.25) is 0 Å². The number of methoxy groups -OCH3 is 6. The molecule has 2 aliphatic heterocycles. The van der Waals surface area contributed by atoms with Crippen molar-refractivity contribution in [2.75, 3.05) is 55.9 Å². The SMILES string of the molecule is COC1[C@@H](O[C@@H]2C(CCO)O[C@@H](OC)C(OC)[C@@H]2OC)OC(CCO)[C@@H](OC)[C@H]1OC. The molecule has 0 aromatic heterocycles. The predicted octanol–water partition coefficient (Wildman–Crippen LogP) is -0.692. The van der Waals surface area contributed by atoms with Crippen LogP contribution in [0.25, 0.3) is 0 Å². The number of aliphatic hydroxyl groups is 2. The molecule has 2 fully saturated rings. The highest BCUT2D eigenvalue weighted by atomic mass is 16.8. The quantitative estimate of drug-likeness (QED) is 0.389. The summed E-state index contributed by atoms with van der Waals surface area (Å²) in [6.07, 6.45) is -5.37. The van der Waals surface area contributed by atoms with Crippen molar-refractivity contribution in [2.45, 2.75) is 74.3 Å². The number of aliphatic hydroxyl groups excluding tert-OH is 2. The van der Waals surface area contributed by atoms with Crippen LogP contribution < -0.4 is 0 Å². The van der Waals surface area contributed by atoms with Crippen LogP contribution >= 0.6 is 0 Å². The summed E-state index contributed by atoms with van der Waals surface area (Å²) in [4.78, 5) is 0. The molecule has 2 saturated heterocycles. The second-order valence-electron chi connectivity index (χ2n) is 7.45. The third-order valence-corrected chi connectivity index (χ3v) is 5.89. The molecule has 0 aromatic carbocycles. The van der Waals surface area contributed by atoms with Gasteiger partial charge in [0.15, 0.2) is 12.6 Å². The molecule has 0 spiro atoms. The van der Waals surface area contributed by atoms with Gasteiger partial charge in [0.05, 0.1) is 12.2 Å². The van der Waals surface area contributed by atoms with Gasteiger partial charge in [0, 0.05) is 55.9 Å². The van der Waals surface area contributed by atoms with Crippen molar-refractivity contribution >= 4 is 0 Å². The van der Waals surface area contributed by atoms with Gasteiger partial charge in [-0.25, -0.2) is 0 Å². The molecule has 4 unspecified atom stereocenters. The molecule has 0 radical (unpaired) electrons. The van der Waals surface area contributed by atoms with E-state index in [4.69, 9.17) is 42.6 Å². The van der Waals surface area contributed by atoms with Crippen LogP contribution in [0.3, 0.4) is 0 Å². The van der Waals surface area contributed by atoms with Crippen LogP contribution in [0.2, 0.25) is 0 Å². The topological polar surface area (TPSA) is 124 Å². The third kappa shape index (κ3) is 5.92. The number of hydrogen-bond acceptors (Lipinski definition) is 11. The van der Waals surface area contributed by atoms with E-state index in [1.165, 1.54) is 21.3 Å². The van der Waals surface area contributed by atoms with Crippen LogP contribution in [-0.4, -0.2) is 127 Å². The Bertz CT molecular complexity index is 496. The number of hydrogen-bond donors (Lipinski definition) is 2. The van der Waals surface area contributed by atoms with Gasteiger partial charge in [-0.2, -0.15) is 0 Å². The lowest BCUT2D eigenvalue weighted by atomic mass is 9.94. The van der Waals surface area contributed by atoms with Gasteiger partial charge in [-0.1, -0.05) is 0 Å². The van der Waals surface area contributed by atoms with Crippen molar-refractivity contribution in [3.05, 3.63) is 0 Å². The fraction of sp³-hybridized carbons (Fsp3) is 1.00. The van der Waals surface area contributed by atoms with E-state index in [-0.39, 0.29) is 13.2 Å². The minimum atomic E-state index is -0.873. The largest absolute Gasteiger partial charge is 0.396 e. The summed E-state index contributed by atoms with van der Waals surface area (Å²) in [6, 6.07) is 0. The van der Waals surface area contributed by atoms with Gasteiger partial charge in [0.1, 0.15) is 36.6 Å². The van der Waals surface area contributed by atoms with E-state index in [1.54, 1.807) is 21.3 Å². The first-order chi connectivity index (χ1) is 15.0. The summed E-state index contributed by atoms with van der Waals surface area (Å²) in [5, 5.41) is 19.1. The first kappa shape index (κ1) is 26.8. The molecule has 0 aromatic rings. The zero-order valence-corrected chi connectivity index (χ0v) is 19.2. The van der Waals surface area contributed by atoms with E-state index >= 15 is 0 Å². The molecule has 0 aliphatic carbocycles. The molecule has 0 amide bonds. The Kier molecular flexibility index (Phi) is 11.5. The van der Waals surface area contributed by atoms with Crippen molar-refractivity contribution in [2.24, 2.45) is 0 Å². The fourth-order valence-electron chi connectivity index (χ4n) is 4.41. The molecule has 31 heavy (non-hydrogen) atoms. The Labute approximate surface area is 183 Å². The molecule has 0 saturated carbocycles. The molecular weight excluding hydrogens is 416 g/mol. The number of ether oxygens (including phenoxy) is 9. The average Bonchev–Trinajstić information content (AvgIpc) is 2.79. The summed E-state index contributed by atoms with van der Waals surface area (Å²) in [7, 11) is 9.24. The summed E-state index contributed by atoms with van der Waals surface area (Å²) in [5.74, 6) is 0. The maximum Gasteiger partial charge on any atom is 0.187 e. The summed E-state index contributed by atoms with van der Waals surface area (Å²) < 4.78 is 52.1. The molecule has 2 rings (SSSR count). The molecule has 11 nitrogen and oxygen atoms in total. The Morgan fingerprint density at radius 2 is 0.935 bits per heavy atom. The predicted molar refractivity (Wildman–Crippen MR) is 107 cm³/mol. The summed E-state index contributed by atoms with van der Waals surface area (Å²) >= 11 is 0. The molecule has 2 heterocycles. The van der Waals surface area contributed by atoms with Gasteiger partial charge in [-0.15, -0.1) is 0 Å². The van der Waals surface area contributed by atoms with E-state index in [0.29, 0.717) is 12.8 Å². The first-order valence-electron chi connectivity index (χ1n) is 10.4. The highest BCUT2D eigenvalue weighted by molar-refractivity contribution is 4.96. The first-order valence-corrected chi connectivity index (χ1v) is 10.4. The minimum absolute atomic E-state index is 0.0903. The van der Waals surface area contributed by atoms with Crippen molar-refractivity contribution in [3.63, 3.8) is 0 Å². The highest BCUT2D eigenvalue weighted by Crippen LogP contribution is 2.34. The molecule has 11 heteroatoms. The maximum atomic E-state index is 9.57. The number of rotatable bonds is 12. The van der Waals surface area contributed by atoms with Crippen LogP contribution in [0.15, 0.2) is 0 Å². The van der Waals surface area contributed by atoms with Gasteiger partial charge >= 0.3 is 0 Å². The van der Waals surface area contributed by atoms with Gasteiger partial charge < -0.3 is 52.8 Å². The van der Waals surface area contributed by atoms with Crippen molar-refractivity contribution in [3.8, 4) is 0 Å². The Balaban J connectivity index is 2.32. The minimum Gasteiger partial charge on any atom is -0.396 e. The third-order valence-electron chi connectivity index (χ3n) is 5.89. The monoisotopic (exact) mass is 454 g/mol. The van der Waals surface area contributed by atoms with Crippen LogP contribution in [0, 0.1) is 0 Å². The zero-order valence-electron chi connectivity index (χ0n) is 19.2. The second kappa shape index (κ2) is 13.3. The van der Waals surface area contributed by atoms with Crippen molar-refractivity contribution in [1.29, 1.82) is 0 Å². The molecule has 2 aliphatic rings. The summed E-state index contributed by atoms with van der Waals surface area (Å²) in [6.45, 7) is -0.208. The Hall–Kier alpha value is -0.440. The van der Waals surface area contributed by atoms with Crippen LogP contribution in [0.5, 0.6) is 0 Å². The van der Waals surface area contributed by atoms with E-state index in [1.807, 2.05) is 0 Å². The zero-order chi connectivity index (χ0) is 23.0. The van der Waals surface area contributed by atoms with Gasteiger partial charge in [0.25, 0.3) is 0 Å². The van der Waals surface area contributed by atoms with Crippen molar-refractivity contribution in [1.82, 2.24) is 0 Å². The highest BCUT2D eigenvalue weighted by Gasteiger charge is 2.52. The normalized spacial score (nSPS) is 41.4. The maximum absolute atomic E-state index is 9.57. The Morgan fingerprint density at radius 1 is 0.516 bits per heavy atom. The smallest absolute Gasteiger partial charge is 0.187 e.